The second kappa shape index (κ2) is 7.99. The summed E-state index contributed by atoms with van der Waals surface area (Å²) in [6, 6.07) is 7.67. The van der Waals surface area contributed by atoms with Gasteiger partial charge in [0, 0.05) is 42.3 Å². The largest absolute Gasteiger partial charge is 0.550 e. The van der Waals surface area contributed by atoms with E-state index in [-0.39, 0.29) is 5.91 Å². The zero-order chi connectivity index (χ0) is 16.8. The van der Waals surface area contributed by atoms with Crippen molar-refractivity contribution in [3.05, 3.63) is 24.3 Å². The number of carbonyl (C=O) groups excluding carboxylic acids is 2. The third-order valence-electron chi connectivity index (χ3n) is 4.67. The number of amides is 1. The van der Waals surface area contributed by atoms with Gasteiger partial charge >= 0.3 is 0 Å². The number of aliphatic carboxylic acids is 1. The van der Waals surface area contributed by atoms with Gasteiger partial charge in [-0.3, -0.25) is 4.79 Å². The zero-order valence-electron chi connectivity index (χ0n) is 13.9. The van der Waals surface area contributed by atoms with Gasteiger partial charge in [-0.25, -0.2) is 0 Å². The highest BCUT2D eigenvalue weighted by molar-refractivity contribution is 5.95. The number of hydrogen-bond donors (Lipinski definition) is 1. The van der Waals surface area contributed by atoms with Crippen molar-refractivity contribution in [3.8, 4) is 0 Å². The van der Waals surface area contributed by atoms with Crippen LogP contribution in [0.4, 0.5) is 11.4 Å². The summed E-state index contributed by atoms with van der Waals surface area (Å²) in [5.74, 6) is -2.48. The average Bonchev–Trinajstić information content (AvgIpc) is 2.57. The van der Waals surface area contributed by atoms with Crippen LogP contribution in [0.15, 0.2) is 24.3 Å². The quantitative estimate of drug-likeness (QED) is 0.871. The van der Waals surface area contributed by atoms with Crippen molar-refractivity contribution in [2.45, 2.75) is 39.5 Å². The number of carbonyl (C=O) groups is 2. The molecule has 0 aliphatic heterocycles. The van der Waals surface area contributed by atoms with Crippen molar-refractivity contribution in [2.24, 2.45) is 11.8 Å². The average molecular weight is 317 g/mol. The maximum atomic E-state index is 12.4. The Morgan fingerprint density at radius 3 is 2.17 bits per heavy atom. The van der Waals surface area contributed by atoms with Crippen molar-refractivity contribution >= 4 is 23.3 Å². The zero-order valence-corrected chi connectivity index (χ0v) is 13.9. The molecule has 2 rings (SSSR count). The smallest absolute Gasteiger partial charge is 0.228 e. The Hall–Kier alpha value is -2.04. The Labute approximate surface area is 137 Å². The first kappa shape index (κ1) is 17.3. The minimum Gasteiger partial charge on any atom is -0.550 e. The third-order valence-corrected chi connectivity index (χ3v) is 4.67. The molecule has 1 amide bonds. The summed E-state index contributed by atoms with van der Waals surface area (Å²) < 4.78 is 0. The van der Waals surface area contributed by atoms with Gasteiger partial charge in [-0.1, -0.05) is 12.8 Å². The third kappa shape index (κ3) is 4.24. The summed E-state index contributed by atoms with van der Waals surface area (Å²) in [4.78, 5) is 25.8. The summed E-state index contributed by atoms with van der Waals surface area (Å²) in [6.07, 6.45) is 2.88. The lowest BCUT2D eigenvalue weighted by Gasteiger charge is -2.31. The number of rotatable bonds is 6. The van der Waals surface area contributed by atoms with Gasteiger partial charge in [0.15, 0.2) is 0 Å². The summed E-state index contributed by atoms with van der Waals surface area (Å²) in [5, 5.41) is 14.1. The predicted molar refractivity (Wildman–Crippen MR) is 89.1 cm³/mol. The van der Waals surface area contributed by atoms with Gasteiger partial charge in [0.05, 0.1) is 0 Å². The second-order valence-electron chi connectivity index (χ2n) is 6.02. The summed E-state index contributed by atoms with van der Waals surface area (Å²) >= 11 is 0. The predicted octanol–water partition coefficient (Wildman–Crippen LogP) is 2.03. The van der Waals surface area contributed by atoms with Crippen LogP contribution in [0.25, 0.3) is 0 Å². The van der Waals surface area contributed by atoms with Crippen LogP contribution in [0.3, 0.4) is 0 Å². The topological polar surface area (TPSA) is 72.5 Å². The number of anilines is 2. The molecule has 0 aromatic heterocycles. The van der Waals surface area contributed by atoms with Gasteiger partial charge in [0.25, 0.3) is 0 Å². The van der Waals surface area contributed by atoms with E-state index in [1.807, 2.05) is 24.3 Å². The van der Waals surface area contributed by atoms with Crippen molar-refractivity contribution in [1.29, 1.82) is 0 Å². The van der Waals surface area contributed by atoms with Crippen LogP contribution in [-0.4, -0.2) is 25.0 Å². The van der Waals surface area contributed by atoms with E-state index < -0.39 is 17.8 Å². The van der Waals surface area contributed by atoms with E-state index in [2.05, 4.69) is 24.1 Å². The van der Waals surface area contributed by atoms with E-state index in [9.17, 15) is 14.7 Å². The fraction of sp³-hybridized carbons (Fsp3) is 0.556. The first-order chi connectivity index (χ1) is 11.1. The summed E-state index contributed by atoms with van der Waals surface area (Å²) in [7, 11) is 0. The lowest BCUT2D eigenvalue weighted by Crippen LogP contribution is -2.42. The van der Waals surface area contributed by atoms with Crippen LogP contribution in [-0.2, 0) is 9.59 Å². The van der Waals surface area contributed by atoms with E-state index in [0.29, 0.717) is 18.5 Å². The monoisotopic (exact) mass is 317 g/mol. The minimum absolute atomic E-state index is 0.213. The SMILES string of the molecule is CCN(CC)c1ccc(NC(=O)[C@H]2CCCC[C@@H]2C(=O)[O-])cc1. The lowest BCUT2D eigenvalue weighted by molar-refractivity contribution is -0.313. The number of benzene rings is 1. The van der Waals surface area contributed by atoms with Crippen molar-refractivity contribution in [2.75, 3.05) is 23.3 Å². The summed E-state index contributed by atoms with van der Waals surface area (Å²) in [6.45, 7) is 6.06. The normalized spacial score (nSPS) is 20.8. The molecule has 0 unspecified atom stereocenters. The summed E-state index contributed by atoms with van der Waals surface area (Å²) in [5.41, 5.74) is 1.81. The molecule has 0 radical (unpaired) electrons. The van der Waals surface area contributed by atoms with Crippen molar-refractivity contribution in [1.82, 2.24) is 0 Å². The number of nitrogens with zero attached hydrogens (tertiary/aromatic N) is 1. The standard InChI is InChI=1S/C18H26N2O3/c1-3-20(4-2)14-11-9-13(10-12-14)19-17(21)15-7-5-6-8-16(15)18(22)23/h9-12,15-16H,3-8H2,1-2H3,(H,19,21)(H,22,23)/p-1/t15-,16-/m0/s1. The van der Waals surface area contributed by atoms with E-state index in [1.54, 1.807) is 0 Å². The first-order valence-electron chi connectivity index (χ1n) is 8.43. The van der Waals surface area contributed by atoms with E-state index in [1.165, 1.54) is 0 Å². The molecular weight excluding hydrogens is 292 g/mol. The van der Waals surface area contributed by atoms with Gasteiger partial charge < -0.3 is 20.1 Å². The molecule has 2 atom stereocenters. The Kier molecular flexibility index (Phi) is 6.02. The Morgan fingerprint density at radius 1 is 1.09 bits per heavy atom. The van der Waals surface area contributed by atoms with Gasteiger partial charge in [-0.15, -0.1) is 0 Å². The molecule has 0 bridgehead atoms. The van der Waals surface area contributed by atoms with E-state index >= 15 is 0 Å². The molecule has 0 heterocycles. The number of hydrogen-bond acceptors (Lipinski definition) is 4. The van der Waals surface area contributed by atoms with Crippen LogP contribution in [0.2, 0.25) is 0 Å². The van der Waals surface area contributed by atoms with Crippen LogP contribution >= 0.6 is 0 Å². The fourth-order valence-corrected chi connectivity index (χ4v) is 3.31. The first-order valence-corrected chi connectivity index (χ1v) is 8.43. The number of nitrogens with one attached hydrogen (secondary N) is 1. The van der Waals surface area contributed by atoms with E-state index in [0.717, 1.165) is 31.6 Å². The maximum absolute atomic E-state index is 12.4. The van der Waals surface area contributed by atoms with Gasteiger partial charge in [0.1, 0.15) is 0 Å². The van der Waals surface area contributed by atoms with E-state index in [4.69, 9.17) is 0 Å². The molecule has 1 N–H and O–H groups in total. The van der Waals surface area contributed by atoms with Crippen LogP contribution in [0.1, 0.15) is 39.5 Å². The molecule has 1 saturated carbocycles. The highest BCUT2D eigenvalue weighted by atomic mass is 16.4. The molecule has 1 fully saturated rings. The molecule has 1 aromatic rings. The highest BCUT2D eigenvalue weighted by Gasteiger charge is 2.31. The maximum Gasteiger partial charge on any atom is 0.228 e. The fourth-order valence-electron chi connectivity index (χ4n) is 3.31. The molecule has 0 saturated heterocycles. The second-order valence-corrected chi connectivity index (χ2v) is 6.02. The van der Waals surface area contributed by atoms with Crippen LogP contribution in [0, 0.1) is 11.8 Å². The Balaban J connectivity index is 2.03. The Bertz CT molecular complexity index is 538. The highest BCUT2D eigenvalue weighted by Crippen LogP contribution is 2.31. The van der Waals surface area contributed by atoms with Crippen LogP contribution in [0.5, 0.6) is 0 Å². The van der Waals surface area contributed by atoms with Gasteiger partial charge in [-0.2, -0.15) is 0 Å². The molecular formula is C18H25N2O3-. The molecule has 1 aromatic carbocycles. The molecule has 0 spiro atoms. The van der Waals surface area contributed by atoms with Gasteiger partial charge in [-0.05, 0) is 51.0 Å². The van der Waals surface area contributed by atoms with Crippen molar-refractivity contribution < 1.29 is 14.7 Å². The molecule has 5 heteroatoms. The minimum atomic E-state index is -1.11. The molecule has 1 aliphatic carbocycles. The molecule has 1 aliphatic rings. The van der Waals surface area contributed by atoms with Crippen LogP contribution < -0.4 is 15.3 Å². The Morgan fingerprint density at radius 2 is 1.65 bits per heavy atom. The lowest BCUT2D eigenvalue weighted by atomic mass is 9.78. The molecule has 5 nitrogen and oxygen atoms in total. The molecule has 126 valence electrons. The number of carboxylic acids is 1. The number of carboxylic acid groups (broad SMARTS) is 1. The van der Waals surface area contributed by atoms with Gasteiger partial charge in [0.2, 0.25) is 5.91 Å². The van der Waals surface area contributed by atoms with Crippen molar-refractivity contribution in [3.63, 3.8) is 0 Å². The molecule has 23 heavy (non-hydrogen) atoms.